The van der Waals surface area contributed by atoms with Gasteiger partial charge in [-0.1, -0.05) is 35.0 Å². The molecule has 0 aliphatic rings. The molecule has 1 aromatic heterocycles. The second kappa shape index (κ2) is 5.55. The Hall–Kier alpha value is -1.01. The molecule has 0 bridgehead atoms. The number of nitrogens with two attached hydrogens (primary N) is 1. The molecule has 0 unspecified atom stereocenters. The minimum absolute atomic E-state index is 0.325. The molecule has 1 aromatic carbocycles. The zero-order valence-corrected chi connectivity index (χ0v) is 10.9. The van der Waals surface area contributed by atoms with E-state index in [0.29, 0.717) is 21.0 Å². The molecule has 0 atom stereocenters. The molecule has 0 aliphatic carbocycles. The molecule has 0 amide bonds. The van der Waals surface area contributed by atoms with E-state index in [2.05, 4.69) is 15.4 Å². The maximum Gasteiger partial charge on any atom is 0.238 e. The van der Waals surface area contributed by atoms with E-state index in [1.165, 1.54) is 18.0 Å². The summed E-state index contributed by atoms with van der Waals surface area (Å²) in [5, 5.41) is 1.80. The molecule has 7 heteroatoms. The average molecular weight is 287 g/mol. The Balaban J connectivity index is 2.25. The number of hydrazine groups is 1. The van der Waals surface area contributed by atoms with Crippen molar-refractivity contribution in [2.45, 2.75) is 9.92 Å². The van der Waals surface area contributed by atoms with Crippen molar-refractivity contribution in [3.63, 3.8) is 0 Å². The number of rotatable bonds is 3. The van der Waals surface area contributed by atoms with Gasteiger partial charge < -0.3 is 0 Å². The summed E-state index contributed by atoms with van der Waals surface area (Å²) in [4.78, 5) is 9.04. The standard InChI is InChI=1S/C10H8Cl2N4S/c11-6-1-3-7(4-2-6)17-9-8(12)5-14-10(15-9)16-13/h1-5H,13H2,(H,14,15,16). The van der Waals surface area contributed by atoms with Gasteiger partial charge in [-0.2, -0.15) is 0 Å². The van der Waals surface area contributed by atoms with Crippen LogP contribution in [-0.4, -0.2) is 9.97 Å². The highest BCUT2D eigenvalue weighted by molar-refractivity contribution is 7.99. The highest BCUT2D eigenvalue weighted by Gasteiger charge is 2.06. The molecule has 0 saturated carbocycles. The molecule has 1 heterocycles. The lowest BCUT2D eigenvalue weighted by Gasteiger charge is -2.05. The quantitative estimate of drug-likeness (QED) is 0.515. The summed E-state index contributed by atoms with van der Waals surface area (Å²) in [6, 6.07) is 7.39. The largest absolute Gasteiger partial charge is 0.292 e. The van der Waals surface area contributed by atoms with E-state index in [1.54, 1.807) is 12.1 Å². The third-order valence-corrected chi connectivity index (χ3v) is 3.52. The van der Waals surface area contributed by atoms with Crippen LogP contribution in [-0.2, 0) is 0 Å². The van der Waals surface area contributed by atoms with E-state index < -0.39 is 0 Å². The number of halogens is 2. The molecule has 4 nitrogen and oxygen atoms in total. The van der Waals surface area contributed by atoms with Crippen LogP contribution in [0.4, 0.5) is 5.95 Å². The van der Waals surface area contributed by atoms with Gasteiger partial charge in [0.2, 0.25) is 5.95 Å². The van der Waals surface area contributed by atoms with Crippen molar-refractivity contribution in [1.82, 2.24) is 9.97 Å². The molecular formula is C10H8Cl2N4S. The number of nitrogens with one attached hydrogen (secondary N) is 1. The maximum absolute atomic E-state index is 5.99. The fourth-order valence-electron chi connectivity index (χ4n) is 1.11. The van der Waals surface area contributed by atoms with Crippen LogP contribution >= 0.6 is 35.0 Å². The minimum Gasteiger partial charge on any atom is -0.292 e. The van der Waals surface area contributed by atoms with Crippen LogP contribution < -0.4 is 11.3 Å². The number of aromatic nitrogens is 2. The molecule has 88 valence electrons. The van der Waals surface area contributed by atoms with E-state index >= 15 is 0 Å². The molecule has 2 rings (SSSR count). The van der Waals surface area contributed by atoms with Gasteiger partial charge in [0.1, 0.15) is 5.03 Å². The summed E-state index contributed by atoms with van der Waals surface area (Å²) in [5.41, 5.74) is 2.37. The summed E-state index contributed by atoms with van der Waals surface area (Å²) < 4.78 is 0. The Bertz CT molecular complexity index is 518. The summed E-state index contributed by atoms with van der Waals surface area (Å²) in [6.45, 7) is 0. The molecule has 17 heavy (non-hydrogen) atoms. The van der Waals surface area contributed by atoms with Gasteiger partial charge in [-0.05, 0) is 24.3 Å². The molecule has 3 N–H and O–H groups in total. The monoisotopic (exact) mass is 286 g/mol. The van der Waals surface area contributed by atoms with Gasteiger partial charge in [-0.3, -0.25) is 5.43 Å². The van der Waals surface area contributed by atoms with Gasteiger partial charge in [0.05, 0.1) is 11.2 Å². The zero-order chi connectivity index (χ0) is 12.3. The van der Waals surface area contributed by atoms with E-state index in [4.69, 9.17) is 29.0 Å². The number of hydrogen-bond donors (Lipinski definition) is 2. The van der Waals surface area contributed by atoms with Crippen molar-refractivity contribution in [2.24, 2.45) is 5.84 Å². The fourth-order valence-corrected chi connectivity index (χ4v) is 2.22. The molecule has 0 spiro atoms. The van der Waals surface area contributed by atoms with Crippen LogP contribution in [0.15, 0.2) is 40.4 Å². The lowest BCUT2D eigenvalue weighted by atomic mass is 10.4. The Morgan fingerprint density at radius 3 is 2.53 bits per heavy atom. The molecule has 0 saturated heterocycles. The van der Waals surface area contributed by atoms with Crippen LogP contribution in [0, 0.1) is 0 Å². The molecule has 0 radical (unpaired) electrons. The van der Waals surface area contributed by atoms with Crippen LogP contribution in [0.3, 0.4) is 0 Å². The van der Waals surface area contributed by atoms with Gasteiger partial charge in [0.15, 0.2) is 0 Å². The summed E-state index contributed by atoms with van der Waals surface area (Å²) in [7, 11) is 0. The Morgan fingerprint density at radius 2 is 1.88 bits per heavy atom. The fraction of sp³-hybridized carbons (Fsp3) is 0. The maximum atomic E-state index is 5.99. The number of hydrogen-bond acceptors (Lipinski definition) is 5. The van der Waals surface area contributed by atoms with Crippen LogP contribution in [0.1, 0.15) is 0 Å². The lowest BCUT2D eigenvalue weighted by molar-refractivity contribution is 1.03. The Labute approximate surface area is 113 Å². The lowest BCUT2D eigenvalue weighted by Crippen LogP contribution is -2.10. The van der Waals surface area contributed by atoms with Gasteiger partial charge in [-0.15, -0.1) is 0 Å². The smallest absolute Gasteiger partial charge is 0.238 e. The van der Waals surface area contributed by atoms with E-state index in [-0.39, 0.29) is 0 Å². The summed E-state index contributed by atoms with van der Waals surface area (Å²) in [5.74, 6) is 5.56. The topological polar surface area (TPSA) is 63.8 Å². The van der Waals surface area contributed by atoms with Crippen LogP contribution in [0.5, 0.6) is 0 Å². The van der Waals surface area contributed by atoms with E-state index in [9.17, 15) is 0 Å². The van der Waals surface area contributed by atoms with Crippen molar-refractivity contribution in [2.75, 3.05) is 5.43 Å². The van der Waals surface area contributed by atoms with E-state index in [0.717, 1.165) is 4.90 Å². The third kappa shape index (κ3) is 3.23. The zero-order valence-electron chi connectivity index (χ0n) is 8.52. The van der Waals surface area contributed by atoms with E-state index in [1.807, 2.05) is 12.1 Å². The second-order valence-corrected chi connectivity index (χ2v) is 4.95. The first kappa shape index (κ1) is 12.4. The molecule has 2 aromatic rings. The highest BCUT2D eigenvalue weighted by atomic mass is 35.5. The molecular weight excluding hydrogens is 279 g/mol. The molecule has 0 aliphatic heterocycles. The summed E-state index contributed by atoms with van der Waals surface area (Å²) >= 11 is 13.2. The normalized spacial score (nSPS) is 10.3. The number of nitrogens with zero attached hydrogens (tertiary/aromatic N) is 2. The van der Waals surface area contributed by atoms with Crippen LogP contribution in [0.2, 0.25) is 10.0 Å². The second-order valence-electron chi connectivity index (χ2n) is 3.05. The van der Waals surface area contributed by atoms with Gasteiger partial charge in [0, 0.05) is 9.92 Å². The first-order valence-corrected chi connectivity index (χ1v) is 6.19. The number of nitrogen functional groups attached to an aromatic ring is 1. The minimum atomic E-state index is 0.325. The van der Waals surface area contributed by atoms with Gasteiger partial charge >= 0.3 is 0 Å². The Kier molecular flexibility index (Phi) is 4.06. The first-order chi connectivity index (χ1) is 8.19. The predicted molar refractivity (Wildman–Crippen MR) is 70.4 cm³/mol. The molecule has 0 fully saturated rings. The van der Waals surface area contributed by atoms with Crippen molar-refractivity contribution in [3.8, 4) is 0 Å². The number of anilines is 1. The first-order valence-electron chi connectivity index (χ1n) is 4.61. The van der Waals surface area contributed by atoms with Gasteiger partial charge in [0.25, 0.3) is 0 Å². The van der Waals surface area contributed by atoms with Crippen molar-refractivity contribution in [1.29, 1.82) is 0 Å². The van der Waals surface area contributed by atoms with Gasteiger partial charge in [-0.25, -0.2) is 15.8 Å². The van der Waals surface area contributed by atoms with Crippen LogP contribution in [0.25, 0.3) is 0 Å². The van der Waals surface area contributed by atoms with Crippen molar-refractivity contribution >= 4 is 40.9 Å². The van der Waals surface area contributed by atoms with Crippen molar-refractivity contribution < 1.29 is 0 Å². The SMILES string of the molecule is NNc1ncc(Cl)c(Sc2ccc(Cl)cc2)n1. The summed E-state index contributed by atoms with van der Waals surface area (Å²) in [6.07, 6.45) is 1.50. The Morgan fingerprint density at radius 1 is 1.18 bits per heavy atom. The predicted octanol–water partition coefficient (Wildman–Crippen LogP) is 3.22. The highest BCUT2D eigenvalue weighted by Crippen LogP contribution is 2.32. The van der Waals surface area contributed by atoms with Crippen molar-refractivity contribution in [3.05, 3.63) is 40.5 Å². The third-order valence-electron chi connectivity index (χ3n) is 1.87. The average Bonchev–Trinajstić information content (AvgIpc) is 2.35. The number of benzene rings is 1.